The Morgan fingerprint density at radius 2 is 1.93 bits per heavy atom. The van der Waals surface area contributed by atoms with Gasteiger partial charge in [0.15, 0.2) is 10.9 Å². The number of aromatic nitrogens is 1. The van der Waals surface area contributed by atoms with Gasteiger partial charge in [-0.2, -0.15) is 0 Å². The quantitative estimate of drug-likeness (QED) is 0.869. The van der Waals surface area contributed by atoms with Crippen molar-refractivity contribution in [3.63, 3.8) is 0 Å². The molecule has 0 saturated heterocycles. The maximum absolute atomic E-state index is 5.68. The lowest BCUT2D eigenvalue weighted by Crippen LogP contribution is -1.94. The van der Waals surface area contributed by atoms with Crippen molar-refractivity contribution >= 4 is 17.3 Å². The van der Waals surface area contributed by atoms with Gasteiger partial charge in [0.1, 0.15) is 5.69 Å². The van der Waals surface area contributed by atoms with Crippen LogP contribution in [0, 0.1) is 0 Å². The summed E-state index contributed by atoms with van der Waals surface area (Å²) in [6.45, 7) is 0. The molecule has 3 nitrogen and oxygen atoms in total. The molecule has 2 aromatic rings. The molecule has 78 valence electrons. The van der Waals surface area contributed by atoms with Crippen molar-refractivity contribution in [2.75, 3.05) is 5.73 Å². The first-order valence-corrected chi connectivity index (χ1v) is 5.08. The standard InChI is InChI=1S/C11H11ClN2O/c12-11-10(13)9(15-14-11)7-6-8-4-2-1-3-5-8/h1-5H,6-7,13H2. The van der Waals surface area contributed by atoms with Crippen molar-refractivity contribution < 1.29 is 4.52 Å². The second-order valence-electron chi connectivity index (χ2n) is 3.30. The Bertz CT molecular complexity index is 439. The molecule has 0 atom stereocenters. The van der Waals surface area contributed by atoms with Crippen LogP contribution >= 0.6 is 11.6 Å². The fourth-order valence-corrected chi connectivity index (χ4v) is 1.53. The minimum absolute atomic E-state index is 0.248. The third kappa shape index (κ3) is 2.30. The highest BCUT2D eigenvalue weighted by molar-refractivity contribution is 6.31. The molecule has 1 aromatic heterocycles. The summed E-state index contributed by atoms with van der Waals surface area (Å²) in [4.78, 5) is 0. The third-order valence-corrected chi connectivity index (χ3v) is 2.51. The molecule has 0 saturated carbocycles. The number of nitrogens with two attached hydrogens (primary N) is 1. The van der Waals surface area contributed by atoms with Crippen LogP contribution < -0.4 is 5.73 Å². The smallest absolute Gasteiger partial charge is 0.195 e. The summed E-state index contributed by atoms with van der Waals surface area (Å²) >= 11 is 5.68. The first-order valence-electron chi connectivity index (χ1n) is 4.71. The summed E-state index contributed by atoms with van der Waals surface area (Å²) in [5.74, 6) is 0.656. The van der Waals surface area contributed by atoms with Gasteiger partial charge >= 0.3 is 0 Å². The van der Waals surface area contributed by atoms with Gasteiger partial charge < -0.3 is 10.3 Å². The van der Waals surface area contributed by atoms with Gasteiger partial charge in [0.2, 0.25) is 0 Å². The lowest BCUT2D eigenvalue weighted by Gasteiger charge is -1.98. The third-order valence-electron chi connectivity index (χ3n) is 2.24. The van der Waals surface area contributed by atoms with Gasteiger partial charge in [-0.15, -0.1) is 0 Å². The molecule has 0 unspecified atom stereocenters. The molecule has 0 aliphatic heterocycles. The second kappa shape index (κ2) is 4.36. The molecule has 1 heterocycles. The lowest BCUT2D eigenvalue weighted by molar-refractivity contribution is 0.384. The highest BCUT2D eigenvalue weighted by Crippen LogP contribution is 2.22. The van der Waals surface area contributed by atoms with E-state index in [4.69, 9.17) is 21.9 Å². The largest absolute Gasteiger partial charge is 0.393 e. The monoisotopic (exact) mass is 222 g/mol. The van der Waals surface area contributed by atoms with Crippen molar-refractivity contribution in [3.8, 4) is 0 Å². The van der Waals surface area contributed by atoms with Gasteiger partial charge in [0, 0.05) is 6.42 Å². The normalized spacial score (nSPS) is 10.5. The van der Waals surface area contributed by atoms with E-state index in [1.54, 1.807) is 0 Å². The van der Waals surface area contributed by atoms with E-state index in [2.05, 4.69) is 17.3 Å². The number of anilines is 1. The average molecular weight is 223 g/mol. The summed E-state index contributed by atoms with van der Waals surface area (Å²) in [7, 11) is 0. The van der Waals surface area contributed by atoms with Gasteiger partial charge in [0.25, 0.3) is 0 Å². The average Bonchev–Trinajstić information content (AvgIpc) is 2.59. The van der Waals surface area contributed by atoms with Crippen molar-refractivity contribution in [1.82, 2.24) is 5.16 Å². The Kier molecular flexibility index (Phi) is 2.92. The number of hydrogen-bond acceptors (Lipinski definition) is 3. The Morgan fingerprint density at radius 3 is 2.53 bits per heavy atom. The second-order valence-corrected chi connectivity index (χ2v) is 3.65. The summed E-state index contributed by atoms with van der Waals surface area (Å²) in [5, 5.41) is 3.84. The lowest BCUT2D eigenvalue weighted by atomic mass is 10.1. The fraction of sp³-hybridized carbons (Fsp3) is 0.182. The maximum atomic E-state index is 5.68. The number of rotatable bonds is 3. The van der Waals surface area contributed by atoms with Crippen LogP contribution in [0.15, 0.2) is 34.9 Å². The van der Waals surface area contributed by atoms with E-state index in [9.17, 15) is 0 Å². The number of benzene rings is 1. The summed E-state index contributed by atoms with van der Waals surface area (Å²) in [5.41, 5.74) is 7.37. The van der Waals surface area contributed by atoms with E-state index < -0.39 is 0 Å². The minimum Gasteiger partial charge on any atom is -0.393 e. The van der Waals surface area contributed by atoms with Crippen molar-refractivity contribution in [2.24, 2.45) is 0 Å². The molecule has 0 amide bonds. The van der Waals surface area contributed by atoms with E-state index in [1.807, 2.05) is 18.2 Å². The maximum Gasteiger partial charge on any atom is 0.195 e. The van der Waals surface area contributed by atoms with Crippen LogP contribution in [0.3, 0.4) is 0 Å². The van der Waals surface area contributed by atoms with Crippen molar-refractivity contribution in [1.29, 1.82) is 0 Å². The Morgan fingerprint density at radius 1 is 1.20 bits per heavy atom. The topological polar surface area (TPSA) is 52.0 Å². The molecule has 0 bridgehead atoms. The van der Waals surface area contributed by atoms with Crippen LogP contribution in [0.4, 0.5) is 5.69 Å². The van der Waals surface area contributed by atoms with Gasteiger partial charge in [-0.25, -0.2) is 0 Å². The van der Waals surface area contributed by atoms with E-state index >= 15 is 0 Å². The van der Waals surface area contributed by atoms with Gasteiger partial charge in [0.05, 0.1) is 0 Å². The van der Waals surface area contributed by atoms with Gasteiger partial charge in [-0.3, -0.25) is 0 Å². The zero-order valence-electron chi connectivity index (χ0n) is 8.11. The predicted molar refractivity (Wildman–Crippen MR) is 59.8 cm³/mol. The first kappa shape index (κ1) is 10.1. The number of nitrogen functional groups attached to an aromatic ring is 1. The predicted octanol–water partition coefficient (Wildman–Crippen LogP) is 2.70. The van der Waals surface area contributed by atoms with Crippen LogP contribution in [0.25, 0.3) is 0 Å². The van der Waals surface area contributed by atoms with Crippen molar-refractivity contribution in [3.05, 3.63) is 46.8 Å². The number of hydrogen-bond donors (Lipinski definition) is 1. The molecule has 0 fully saturated rings. The van der Waals surface area contributed by atoms with E-state index in [0.29, 0.717) is 11.4 Å². The summed E-state index contributed by atoms with van der Waals surface area (Å²) in [6, 6.07) is 10.1. The summed E-state index contributed by atoms with van der Waals surface area (Å²) < 4.78 is 5.01. The molecule has 15 heavy (non-hydrogen) atoms. The van der Waals surface area contributed by atoms with Gasteiger partial charge in [-0.05, 0) is 12.0 Å². The van der Waals surface area contributed by atoms with Crippen LogP contribution in [-0.2, 0) is 12.8 Å². The molecule has 1 aromatic carbocycles. The summed E-state index contributed by atoms with van der Waals surface area (Å²) in [6.07, 6.45) is 1.59. The SMILES string of the molecule is Nc1c(Cl)noc1CCc1ccccc1. The molecule has 0 radical (unpaired) electrons. The zero-order chi connectivity index (χ0) is 10.7. The minimum atomic E-state index is 0.248. The highest BCUT2D eigenvalue weighted by atomic mass is 35.5. The number of aryl methyl sites for hydroxylation is 2. The van der Waals surface area contributed by atoms with Crippen LogP contribution in [0.1, 0.15) is 11.3 Å². The Balaban J connectivity index is 2.02. The Labute approximate surface area is 92.8 Å². The molecule has 2 N–H and O–H groups in total. The highest BCUT2D eigenvalue weighted by Gasteiger charge is 2.10. The van der Waals surface area contributed by atoms with Gasteiger partial charge in [-0.1, -0.05) is 47.1 Å². The molecular weight excluding hydrogens is 212 g/mol. The Hall–Kier alpha value is -1.48. The fourth-order valence-electron chi connectivity index (χ4n) is 1.39. The molecule has 0 spiro atoms. The molecule has 4 heteroatoms. The van der Waals surface area contributed by atoms with Crippen LogP contribution in [0.2, 0.25) is 5.15 Å². The molecule has 0 aliphatic carbocycles. The van der Waals surface area contributed by atoms with E-state index in [1.165, 1.54) is 5.56 Å². The zero-order valence-corrected chi connectivity index (χ0v) is 8.87. The number of halogens is 1. The molecule has 2 rings (SSSR count). The van der Waals surface area contributed by atoms with E-state index in [-0.39, 0.29) is 5.15 Å². The van der Waals surface area contributed by atoms with Crippen LogP contribution in [0.5, 0.6) is 0 Å². The van der Waals surface area contributed by atoms with E-state index in [0.717, 1.165) is 12.8 Å². The molecular formula is C11H11ClN2O. The molecule has 0 aliphatic rings. The van der Waals surface area contributed by atoms with Crippen LogP contribution in [-0.4, -0.2) is 5.16 Å². The first-order chi connectivity index (χ1) is 7.27. The number of nitrogens with zero attached hydrogens (tertiary/aromatic N) is 1. The van der Waals surface area contributed by atoms with Crippen molar-refractivity contribution in [2.45, 2.75) is 12.8 Å².